The van der Waals surface area contributed by atoms with Crippen LogP contribution < -0.4 is 0 Å². The third-order valence-electron chi connectivity index (χ3n) is 5.70. The van der Waals surface area contributed by atoms with E-state index in [1.165, 1.54) is 0 Å². The first-order valence-electron chi connectivity index (χ1n) is 11.9. The highest BCUT2D eigenvalue weighted by atomic mass is 35.5. The molecule has 0 fully saturated rings. The number of halogens is 2. The van der Waals surface area contributed by atoms with Gasteiger partial charge in [-0.2, -0.15) is 0 Å². The lowest BCUT2D eigenvalue weighted by atomic mass is 9.91. The maximum absolute atomic E-state index is 6.64. The highest BCUT2D eigenvalue weighted by molar-refractivity contribution is 7.99. The topological polar surface area (TPSA) is 43.2 Å². The first kappa shape index (κ1) is 26.9. The molecule has 2 aromatic carbocycles. The molecular formula is C27H34Cl2N2O2S. The van der Waals surface area contributed by atoms with Gasteiger partial charge in [0.25, 0.3) is 0 Å². The lowest BCUT2D eigenvalue weighted by molar-refractivity contribution is 0.255. The van der Waals surface area contributed by atoms with E-state index in [9.17, 15) is 0 Å². The van der Waals surface area contributed by atoms with Crippen LogP contribution in [0.25, 0.3) is 0 Å². The number of aliphatic imine (C=N–C) groups is 2. The molecule has 2 aromatic rings. The number of hydrogen-bond donors (Lipinski definition) is 0. The van der Waals surface area contributed by atoms with Gasteiger partial charge in [-0.3, -0.25) is 0 Å². The van der Waals surface area contributed by atoms with Crippen molar-refractivity contribution in [2.24, 2.45) is 15.9 Å². The summed E-state index contributed by atoms with van der Waals surface area (Å²) in [5.74, 6) is 1.70. The molecule has 184 valence electrons. The summed E-state index contributed by atoms with van der Waals surface area (Å²) in [6.45, 7) is 11.5. The van der Waals surface area contributed by atoms with Crippen molar-refractivity contribution in [2.45, 2.75) is 75.3 Å². The van der Waals surface area contributed by atoms with Gasteiger partial charge < -0.3 is 9.47 Å². The second-order valence-corrected chi connectivity index (χ2v) is 10.9. The van der Waals surface area contributed by atoms with E-state index in [-0.39, 0.29) is 12.0 Å². The van der Waals surface area contributed by atoms with Gasteiger partial charge in [-0.15, -0.1) is 0 Å². The second-order valence-electron chi connectivity index (χ2n) is 8.88. The average Bonchev–Trinajstić information content (AvgIpc) is 2.77. The summed E-state index contributed by atoms with van der Waals surface area (Å²) in [7, 11) is 0. The van der Waals surface area contributed by atoms with Gasteiger partial charge in [-0.1, -0.05) is 60.9 Å². The van der Waals surface area contributed by atoms with Gasteiger partial charge in [0, 0.05) is 19.8 Å². The Balaban J connectivity index is 1.69. The zero-order valence-corrected chi connectivity index (χ0v) is 22.9. The maximum atomic E-state index is 6.64. The average molecular weight is 522 g/mol. The predicted octanol–water partition coefficient (Wildman–Crippen LogP) is 8.13. The van der Waals surface area contributed by atoms with Gasteiger partial charge in [0.1, 0.15) is 11.6 Å². The lowest BCUT2D eigenvalue weighted by Crippen LogP contribution is -2.45. The minimum absolute atomic E-state index is 0.103. The van der Waals surface area contributed by atoms with Gasteiger partial charge >= 0.3 is 0 Å². The largest absolute Gasteiger partial charge is 0.480 e. The molecule has 1 aliphatic rings. The van der Waals surface area contributed by atoms with Gasteiger partial charge in [0.2, 0.25) is 11.8 Å². The highest BCUT2D eigenvalue weighted by Crippen LogP contribution is 2.34. The van der Waals surface area contributed by atoms with Gasteiger partial charge in [0.15, 0.2) is 0 Å². The van der Waals surface area contributed by atoms with Crippen LogP contribution in [-0.2, 0) is 15.9 Å². The SMILES string of the molecule is CCOC1=N[C@](C)(CCCc2ccc(Sc3cccc(Cl)c3)cc2Cl)C(OCC)=N[C@H]1C(C)C. The van der Waals surface area contributed by atoms with Crippen LogP contribution in [-0.4, -0.2) is 36.6 Å². The van der Waals surface area contributed by atoms with Crippen molar-refractivity contribution in [1.82, 2.24) is 0 Å². The van der Waals surface area contributed by atoms with Crippen molar-refractivity contribution >= 4 is 46.8 Å². The van der Waals surface area contributed by atoms with Gasteiger partial charge in [0.05, 0.1) is 13.2 Å². The van der Waals surface area contributed by atoms with Crippen LogP contribution in [0.5, 0.6) is 0 Å². The van der Waals surface area contributed by atoms with Crippen molar-refractivity contribution in [3.63, 3.8) is 0 Å². The van der Waals surface area contributed by atoms with Crippen molar-refractivity contribution in [3.8, 4) is 0 Å². The molecule has 3 rings (SSSR count). The van der Waals surface area contributed by atoms with E-state index in [0.29, 0.717) is 25.0 Å². The summed E-state index contributed by atoms with van der Waals surface area (Å²) in [5, 5.41) is 1.51. The van der Waals surface area contributed by atoms with E-state index in [1.54, 1.807) is 11.8 Å². The minimum Gasteiger partial charge on any atom is -0.480 e. The Hall–Kier alpha value is -1.69. The first-order chi connectivity index (χ1) is 16.3. The third kappa shape index (κ3) is 6.93. The Labute approximate surface area is 218 Å². The highest BCUT2D eigenvalue weighted by Gasteiger charge is 2.39. The van der Waals surface area contributed by atoms with E-state index in [1.807, 2.05) is 44.2 Å². The molecule has 0 unspecified atom stereocenters. The fourth-order valence-electron chi connectivity index (χ4n) is 3.95. The van der Waals surface area contributed by atoms with Crippen LogP contribution in [0, 0.1) is 5.92 Å². The van der Waals surface area contributed by atoms with E-state index in [0.717, 1.165) is 44.7 Å². The Morgan fingerprint density at radius 1 is 1.03 bits per heavy atom. The molecule has 0 saturated heterocycles. The second kappa shape index (κ2) is 12.3. The molecule has 1 aliphatic heterocycles. The van der Waals surface area contributed by atoms with E-state index >= 15 is 0 Å². The summed E-state index contributed by atoms with van der Waals surface area (Å²) >= 11 is 14.4. The van der Waals surface area contributed by atoms with Gasteiger partial charge in [-0.25, -0.2) is 9.98 Å². The van der Waals surface area contributed by atoms with Crippen LogP contribution in [0.3, 0.4) is 0 Å². The van der Waals surface area contributed by atoms with Crippen molar-refractivity contribution in [2.75, 3.05) is 13.2 Å². The fourth-order valence-corrected chi connectivity index (χ4v) is 5.47. The number of hydrogen-bond acceptors (Lipinski definition) is 5. The molecule has 0 saturated carbocycles. The third-order valence-corrected chi connectivity index (χ3v) is 7.26. The number of benzene rings is 2. The number of rotatable bonds is 9. The standard InChI is InChI=1S/C27H34Cl2N2O2S/c1-6-32-25-24(18(3)4)30-26(33-7-2)27(5,31-25)15-9-10-19-13-14-22(17-23(19)29)34-21-12-8-11-20(28)16-21/h8,11-14,16-18,24H,6-7,9-10,15H2,1-5H3/t24-,27+/m0/s1. The van der Waals surface area contributed by atoms with Crippen LogP contribution in [0.15, 0.2) is 62.2 Å². The summed E-state index contributed by atoms with van der Waals surface area (Å²) in [6, 6.07) is 14.0. The molecule has 0 bridgehead atoms. The number of nitrogens with zero attached hydrogens (tertiary/aromatic N) is 2. The monoisotopic (exact) mass is 520 g/mol. The van der Waals surface area contributed by atoms with Crippen LogP contribution in [0.4, 0.5) is 0 Å². The van der Waals surface area contributed by atoms with E-state index < -0.39 is 5.54 Å². The first-order valence-corrected chi connectivity index (χ1v) is 13.5. The molecule has 0 radical (unpaired) electrons. The van der Waals surface area contributed by atoms with Crippen LogP contribution in [0.1, 0.15) is 53.0 Å². The van der Waals surface area contributed by atoms with Crippen molar-refractivity contribution < 1.29 is 9.47 Å². The Bertz CT molecular complexity index is 1040. The molecule has 7 heteroatoms. The molecular weight excluding hydrogens is 487 g/mol. The molecule has 1 heterocycles. The molecule has 4 nitrogen and oxygen atoms in total. The van der Waals surface area contributed by atoms with Crippen LogP contribution >= 0.6 is 35.0 Å². The number of aryl methyl sites for hydroxylation is 1. The molecule has 0 spiro atoms. The summed E-state index contributed by atoms with van der Waals surface area (Å²) in [4.78, 5) is 12.1. The Morgan fingerprint density at radius 3 is 2.41 bits per heavy atom. The zero-order chi connectivity index (χ0) is 24.7. The molecule has 0 aromatic heterocycles. The summed E-state index contributed by atoms with van der Waals surface area (Å²) in [6.07, 6.45) is 2.55. The minimum atomic E-state index is -0.541. The normalized spacial score (nSPS) is 20.2. The quantitative estimate of drug-likeness (QED) is 0.335. The molecule has 0 amide bonds. The maximum Gasteiger partial charge on any atom is 0.212 e. The predicted molar refractivity (Wildman–Crippen MR) is 145 cm³/mol. The zero-order valence-electron chi connectivity index (χ0n) is 20.6. The summed E-state index contributed by atoms with van der Waals surface area (Å²) < 4.78 is 11.8. The fraction of sp³-hybridized carbons (Fsp3) is 0.481. The van der Waals surface area contributed by atoms with Crippen LogP contribution in [0.2, 0.25) is 10.0 Å². The lowest BCUT2D eigenvalue weighted by Gasteiger charge is -2.34. The smallest absolute Gasteiger partial charge is 0.212 e. The van der Waals surface area contributed by atoms with E-state index in [2.05, 4.69) is 32.9 Å². The molecule has 0 N–H and O–H groups in total. The molecule has 34 heavy (non-hydrogen) atoms. The molecule has 2 atom stereocenters. The van der Waals surface area contributed by atoms with Crippen molar-refractivity contribution in [1.29, 1.82) is 0 Å². The van der Waals surface area contributed by atoms with Gasteiger partial charge in [-0.05, 0) is 81.8 Å². The van der Waals surface area contributed by atoms with E-state index in [4.69, 9.17) is 42.7 Å². The molecule has 0 aliphatic carbocycles. The van der Waals surface area contributed by atoms with Crippen molar-refractivity contribution in [3.05, 3.63) is 58.1 Å². The Kier molecular flexibility index (Phi) is 9.75. The number of ether oxygens (including phenoxy) is 2. The summed E-state index contributed by atoms with van der Waals surface area (Å²) in [5.41, 5.74) is 0.585. The Morgan fingerprint density at radius 2 is 1.76 bits per heavy atom.